The first-order chi connectivity index (χ1) is 37.1. The summed E-state index contributed by atoms with van der Waals surface area (Å²) >= 11 is 0. The van der Waals surface area contributed by atoms with Gasteiger partial charge in [0.1, 0.15) is 5.82 Å². The zero-order chi connectivity index (χ0) is 55.5. The van der Waals surface area contributed by atoms with E-state index in [1.165, 1.54) is 28.8 Å². The summed E-state index contributed by atoms with van der Waals surface area (Å²) in [7, 11) is 0. The van der Waals surface area contributed by atoms with Gasteiger partial charge in [-0.15, -0.1) is 29.7 Å². The third kappa shape index (κ3) is 7.32. The van der Waals surface area contributed by atoms with Crippen LogP contribution in [0.3, 0.4) is 0 Å². The zero-order valence-corrected chi connectivity index (χ0v) is 36.7. The van der Waals surface area contributed by atoms with Gasteiger partial charge in [0.15, 0.2) is 0 Å². The van der Waals surface area contributed by atoms with Gasteiger partial charge < -0.3 is 13.9 Å². The van der Waals surface area contributed by atoms with Crippen LogP contribution in [0.4, 0.5) is 0 Å². The van der Waals surface area contributed by atoms with Crippen LogP contribution in [0.25, 0.3) is 83.4 Å². The van der Waals surface area contributed by atoms with Gasteiger partial charge in [0, 0.05) is 44.3 Å². The van der Waals surface area contributed by atoms with E-state index in [-0.39, 0.29) is 88.0 Å². The maximum atomic E-state index is 9.17. The first-order valence-corrected chi connectivity index (χ1v) is 20.1. The number of nitrogens with zero attached hydrogens (tertiary/aromatic N) is 4. The van der Waals surface area contributed by atoms with Crippen molar-refractivity contribution in [3.05, 3.63) is 224 Å². The third-order valence-electron chi connectivity index (χ3n) is 10.9. The van der Waals surface area contributed by atoms with Crippen LogP contribution in [0.1, 0.15) is 46.9 Å². The molecule has 0 aliphatic carbocycles. The van der Waals surface area contributed by atoms with Gasteiger partial charge in [-0.1, -0.05) is 172 Å². The number of pyridine rings is 1. The first kappa shape index (κ1) is 27.0. The molecular weight excluding hydrogens is 964 g/mol. The molecule has 11 rings (SSSR count). The van der Waals surface area contributed by atoms with Crippen molar-refractivity contribution in [1.82, 2.24) is 14.1 Å². The maximum absolute atomic E-state index is 9.17. The molecule has 0 unspecified atom stereocenters. The molecular formula is C58H42N4OPt-2. The molecule has 0 aliphatic rings. The molecule has 11 aromatic rings. The minimum Gasteiger partial charge on any atom is -0.510 e. The number of fused-ring (bicyclic) bond motifs is 4. The molecule has 3 aromatic heterocycles. The monoisotopic (exact) mass is 1020 g/mol. The molecule has 5 nitrogen and oxygen atoms in total. The van der Waals surface area contributed by atoms with E-state index in [4.69, 9.17) is 24.8 Å². The van der Waals surface area contributed by atoms with Gasteiger partial charge in [0.05, 0.1) is 37.3 Å². The summed E-state index contributed by atoms with van der Waals surface area (Å²) in [5.74, 6) is 1.26. The molecule has 0 aliphatic heterocycles. The Balaban J connectivity index is 0.00000704. The Labute approximate surface area is 408 Å². The van der Waals surface area contributed by atoms with Crippen molar-refractivity contribution in [3.63, 3.8) is 0 Å². The van der Waals surface area contributed by atoms with Crippen LogP contribution in [0.15, 0.2) is 200 Å². The van der Waals surface area contributed by atoms with Crippen molar-refractivity contribution in [2.24, 2.45) is 0 Å². The van der Waals surface area contributed by atoms with Gasteiger partial charge in [-0.2, -0.15) is 18.2 Å². The molecule has 312 valence electrons. The van der Waals surface area contributed by atoms with E-state index in [2.05, 4.69) is 45.3 Å². The Hall–Kier alpha value is -7.33. The fraction of sp³-hybridized carbons (Fsp3) is 0.0690. The third-order valence-corrected chi connectivity index (χ3v) is 10.9. The molecule has 0 bridgehead atoms. The fourth-order valence-corrected chi connectivity index (χ4v) is 7.96. The van der Waals surface area contributed by atoms with Crippen LogP contribution in [0, 0.1) is 18.5 Å². The van der Waals surface area contributed by atoms with Crippen molar-refractivity contribution in [3.8, 4) is 62.1 Å². The Morgan fingerprint density at radius 2 is 1.19 bits per heavy atom. The summed E-state index contributed by atoms with van der Waals surface area (Å²) < 4.78 is 144. The van der Waals surface area contributed by atoms with Crippen molar-refractivity contribution in [2.45, 2.75) is 26.2 Å². The predicted octanol–water partition coefficient (Wildman–Crippen LogP) is 13.9. The van der Waals surface area contributed by atoms with Gasteiger partial charge in [0.2, 0.25) is 0 Å². The van der Waals surface area contributed by atoms with Gasteiger partial charge in [-0.25, -0.2) is 4.98 Å². The van der Waals surface area contributed by atoms with E-state index in [1.54, 1.807) is 47.2 Å². The second-order valence-electron chi connectivity index (χ2n) is 15.7. The second-order valence-corrected chi connectivity index (χ2v) is 15.7. The second kappa shape index (κ2) is 16.7. The van der Waals surface area contributed by atoms with Crippen LogP contribution >= 0.6 is 0 Å². The number of hydrogen-bond acceptors (Lipinski definition) is 2. The van der Waals surface area contributed by atoms with E-state index in [1.807, 2.05) is 41.0 Å². The molecule has 0 fully saturated rings. The number of ether oxygens (including phenoxy) is 1. The molecule has 8 aromatic carbocycles. The molecule has 0 atom stereocenters. The summed E-state index contributed by atoms with van der Waals surface area (Å²) in [4.78, 5) is 4.79. The summed E-state index contributed by atoms with van der Waals surface area (Å²) in [6.45, 7) is 6.41. The van der Waals surface area contributed by atoms with Gasteiger partial charge in [-0.3, -0.25) is 4.57 Å². The summed E-state index contributed by atoms with van der Waals surface area (Å²) in [6, 6.07) is 27.5. The molecule has 0 radical (unpaired) electrons. The molecule has 0 N–H and O–H groups in total. The van der Waals surface area contributed by atoms with Gasteiger partial charge in [0.25, 0.3) is 6.33 Å². The normalized spacial score (nSPS) is 14.8. The van der Waals surface area contributed by atoms with E-state index in [0.29, 0.717) is 17.1 Å². The van der Waals surface area contributed by atoms with Crippen molar-refractivity contribution in [1.29, 1.82) is 0 Å². The van der Waals surface area contributed by atoms with Crippen LogP contribution in [-0.4, -0.2) is 14.1 Å². The summed E-state index contributed by atoms with van der Waals surface area (Å²) in [6.07, 6.45) is 5.12. The van der Waals surface area contributed by atoms with Crippen molar-refractivity contribution in [2.75, 3.05) is 0 Å². The minimum atomic E-state index is -0.670. The van der Waals surface area contributed by atoms with Crippen molar-refractivity contribution < 1.29 is 50.9 Å². The molecule has 64 heavy (non-hydrogen) atoms. The smallest absolute Gasteiger partial charge is 0.268 e. The Morgan fingerprint density at radius 3 is 1.88 bits per heavy atom. The quantitative estimate of drug-likeness (QED) is 0.112. The van der Waals surface area contributed by atoms with Crippen LogP contribution in [-0.2, 0) is 26.5 Å². The molecule has 0 saturated heterocycles. The predicted molar refractivity (Wildman–Crippen MR) is 255 cm³/mol. The molecule has 0 spiro atoms. The SMILES string of the molecule is [2H]c1c([2H])c([2H])c(-c2cccc(-c3c([2H])c([2H])c([2H])c([2H])c3[2H])c2-[n+]2[c-]n(-c3[c-]c(Oc4[c-]c5c(cc4)c4ccccc4n5-c4cc(C(C)(C)C)ccn4)ccc3)c3cccc(-c4c([2H])c([2H])c([2H])c([2H])c4[2H])c32)c([2H])c1[2H].[Pt]. The van der Waals surface area contributed by atoms with E-state index < -0.39 is 90.6 Å². The largest absolute Gasteiger partial charge is 0.510 e. The topological polar surface area (TPSA) is 35.9 Å². The average molecular weight is 1020 g/mol. The Bertz CT molecular complexity index is 4200. The van der Waals surface area contributed by atoms with E-state index >= 15 is 0 Å². The number of rotatable bonds is 8. The Kier molecular flexibility index (Phi) is 7.06. The van der Waals surface area contributed by atoms with Crippen LogP contribution < -0.4 is 9.30 Å². The summed E-state index contributed by atoms with van der Waals surface area (Å²) in [5.41, 5.74) is 2.26. The maximum Gasteiger partial charge on any atom is 0.268 e. The number of para-hydroxylation sites is 3. The number of hydrogen-bond donors (Lipinski definition) is 0. The standard InChI is InChI=1S/C58H42N4O.Pt/c1-58(2,3)43-34-35-59-55(36-43)62-52-30-14-13-26-50(52)51-33-32-46(38-54(51)62)63-45-25-15-24-44(37-45)60-39-61(57-49(29-17-31-53(57)60)42-22-11-6-12-23-42)56-47(40-18-7-4-8-19-40)27-16-28-48(56)41-20-9-5-10-21-41;/h4-36H,1-3H3;/q-2;/i4D,5D,6D,7D,8D,9D,10D,11D,12D,18D,19D,20D,21D,22D,23D;. The zero-order valence-electron chi connectivity index (χ0n) is 49.4. The minimum absolute atomic E-state index is 0. The number of imidazole rings is 1. The summed E-state index contributed by atoms with van der Waals surface area (Å²) in [5, 5.41) is 1.90. The molecule has 3 heterocycles. The molecule has 0 saturated carbocycles. The van der Waals surface area contributed by atoms with Gasteiger partial charge in [-0.05, 0) is 73.6 Å². The van der Waals surface area contributed by atoms with E-state index in [9.17, 15) is 5.48 Å². The van der Waals surface area contributed by atoms with E-state index in [0.717, 1.165) is 21.9 Å². The van der Waals surface area contributed by atoms with Crippen LogP contribution in [0.2, 0.25) is 0 Å². The number of benzene rings is 8. The number of aromatic nitrogens is 4. The fourth-order valence-electron chi connectivity index (χ4n) is 7.96. The molecule has 0 amide bonds. The Morgan fingerprint density at radius 1 is 0.594 bits per heavy atom. The first-order valence-electron chi connectivity index (χ1n) is 27.6. The van der Waals surface area contributed by atoms with Crippen molar-refractivity contribution >= 4 is 32.8 Å². The average Bonchev–Trinajstić information content (AvgIpc) is 3.77. The molecule has 6 heteroatoms. The van der Waals surface area contributed by atoms with Gasteiger partial charge >= 0.3 is 0 Å². The van der Waals surface area contributed by atoms with Crippen LogP contribution in [0.5, 0.6) is 11.5 Å².